The summed E-state index contributed by atoms with van der Waals surface area (Å²) in [7, 11) is 3.13. The number of ether oxygens (including phenoxy) is 2. The fourth-order valence-corrected chi connectivity index (χ4v) is 3.98. The molecule has 1 unspecified atom stereocenters. The minimum Gasteiger partial charge on any atom is -0.497 e. The first-order chi connectivity index (χ1) is 13.8. The smallest absolute Gasteiger partial charge is 0.433 e. The molecule has 0 radical (unpaired) electrons. The van der Waals surface area contributed by atoms with Crippen LogP contribution in [-0.4, -0.2) is 47.3 Å². The molecule has 1 atom stereocenters. The maximum absolute atomic E-state index is 12.8. The number of methoxy groups -OCH3 is 2. The number of hydrogen-bond donors (Lipinski definition) is 0. The van der Waals surface area contributed by atoms with E-state index in [9.17, 15) is 18.0 Å². The van der Waals surface area contributed by atoms with E-state index in [4.69, 9.17) is 9.47 Å². The van der Waals surface area contributed by atoms with Crippen molar-refractivity contribution in [3.8, 4) is 11.5 Å². The molecule has 29 heavy (non-hydrogen) atoms. The Balaban J connectivity index is 1.73. The molecule has 3 rings (SSSR count). The third kappa shape index (κ3) is 4.92. The maximum Gasteiger partial charge on any atom is 0.433 e. The summed E-state index contributed by atoms with van der Waals surface area (Å²) < 4.78 is 49.1. The molecule has 1 saturated heterocycles. The second-order valence-corrected chi connectivity index (χ2v) is 7.31. The number of likely N-dealkylation sites (tertiary alicyclic amines) is 1. The fourth-order valence-electron chi connectivity index (χ4n) is 3.27. The highest BCUT2D eigenvalue weighted by Crippen LogP contribution is 2.39. The molecule has 1 amide bonds. The quantitative estimate of drug-likeness (QED) is 0.514. The number of nitrogens with zero attached hydrogens (tertiary/aromatic N) is 3. The van der Waals surface area contributed by atoms with E-state index in [1.165, 1.54) is 0 Å². The van der Waals surface area contributed by atoms with Crippen molar-refractivity contribution in [1.82, 2.24) is 14.9 Å². The number of thioether (sulfide) groups is 1. The van der Waals surface area contributed by atoms with Crippen molar-refractivity contribution in [2.75, 3.05) is 26.5 Å². The average molecular weight is 427 g/mol. The van der Waals surface area contributed by atoms with Gasteiger partial charge in [-0.15, -0.1) is 0 Å². The molecule has 2 heterocycles. The highest BCUT2D eigenvalue weighted by molar-refractivity contribution is 7.99. The van der Waals surface area contributed by atoms with Gasteiger partial charge in [0.05, 0.1) is 26.0 Å². The number of benzene rings is 1. The van der Waals surface area contributed by atoms with Crippen molar-refractivity contribution in [1.29, 1.82) is 0 Å². The topological polar surface area (TPSA) is 64.6 Å². The summed E-state index contributed by atoms with van der Waals surface area (Å²) in [6.07, 6.45) is -1.92. The van der Waals surface area contributed by atoms with Crippen LogP contribution in [-0.2, 0) is 11.0 Å². The lowest BCUT2D eigenvalue weighted by molar-refractivity contribution is -0.141. The van der Waals surface area contributed by atoms with Gasteiger partial charge in [0, 0.05) is 18.3 Å². The maximum atomic E-state index is 12.8. The van der Waals surface area contributed by atoms with Crippen molar-refractivity contribution >= 4 is 17.7 Å². The first-order valence-electron chi connectivity index (χ1n) is 8.88. The summed E-state index contributed by atoms with van der Waals surface area (Å²) in [5.41, 5.74) is -0.180. The minimum absolute atomic E-state index is 0.0515. The third-order valence-electron chi connectivity index (χ3n) is 4.62. The van der Waals surface area contributed by atoms with Gasteiger partial charge in [-0.1, -0.05) is 11.8 Å². The van der Waals surface area contributed by atoms with Gasteiger partial charge in [0.1, 0.15) is 17.2 Å². The molecule has 2 aromatic rings. The molecule has 1 aromatic heterocycles. The third-order valence-corrected chi connectivity index (χ3v) is 5.46. The summed E-state index contributed by atoms with van der Waals surface area (Å²) >= 11 is 0.891. The number of carbonyl (C=O) groups excluding carboxylic acids is 1. The van der Waals surface area contributed by atoms with Crippen LogP contribution in [0.25, 0.3) is 0 Å². The Hall–Kier alpha value is -2.49. The zero-order valence-corrected chi connectivity index (χ0v) is 16.7. The summed E-state index contributed by atoms with van der Waals surface area (Å²) in [6.45, 7) is 0.563. The van der Waals surface area contributed by atoms with E-state index < -0.39 is 11.9 Å². The monoisotopic (exact) mass is 427 g/mol. The summed E-state index contributed by atoms with van der Waals surface area (Å²) in [6, 6.07) is 6.04. The van der Waals surface area contributed by atoms with Gasteiger partial charge < -0.3 is 14.4 Å². The number of rotatable bonds is 6. The Morgan fingerprint density at radius 1 is 1.28 bits per heavy atom. The second kappa shape index (κ2) is 8.89. The standard InChI is InChI=1S/C19H20F3N3O3S/c1-27-12-5-6-15(28-2)13(10-12)14-4-3-9-25(14)17(26)11-29-18-23-8-7-16(24-18)19(20,21)22/h5-8,10,14H,3-4,9,11H2,1-2H3. The molecule has 1 aromatic carbocycles. The van der Waals surface area contributed by atoms with Gasteiger partial charge in [0.25, 0.3) is 0 Å². The Morgan fingerprint density at radius 2 is 2.07 bits per heavy atom. The highest BCUT2D eigenvalue weighted by atomic mass is 32.2. The molecule has 0 aliphatic carbocycles. The van der Waals surface area contributed by atoms with Gasteiger partial charge in [-0.25, -0.2) is 9.97 Å². The highest BCUT2D eigenvalue weighted by Gasteiger charge is 2.34. The Labute approximate surface area is 170 Å². The first kappa shape index (κ1) is 21.2. The number of amides is 1. The number of carbonyl (C=O) groups is 1. The van der Waals surface area contributed by atoms with Gasteiger partial charge in [0.15, 0.2) is 5.16 Å². The van der Waals surface area contributed by atoms with E-state index in [0.717, 1.165) is 42.4 Å². The lowest BCUT2D eigenvalue weighted by Crippen LogP contribution is -2.32. The molecule has 0 saturated carbocycles. The number of hydrogen-bond acceptors (Lipinski definition) is 6. The van der Waals surface area contributed by atoms with Gasteiger partial charge in [-0.2, -0.15) is 13.2 Å². The van der Waals surface area contributed by atoms with Crippen molar-refractivity contribution in [3.05, 3.63) is 41.7 Å². The van der Waals surface area contributed by atoms with Crippen LogP contribution in [0.5, 0.6) is 11.5 Å². The normalized spacial score (nSPS) is 16.7. The van der Waals surface area contributed by atoms with Crippen LogP contribution in [0.2, 0.25) is 0 Å². The lowest BCUT2D eigenvalue weighted by Gasteiger charge is -2.26. The second-order valence-electron chi connectivity index (χ2n) is 6.36. The molecular formula is C19H20F3N3O3S. The number of halogens is 3. The Kier molecular flexibility index (Phi) is 6.51. The van der Waals surface area contributed by atoms with Crippen LogP contribution < -0.4 is 9.47 Å². The van der Waals surface area contributed by atoms with E-state index in [1.54, 1.807) is 31.3 Å². The minimum atomic E-state index is -4.55. The Morgan fingerprint density at radius 3 is 2.76 bits per heavy atom. The van der Waals surface area contributed by atoms with E-state index in [1.807, 2.05) is 6.07 Å². The number of alkyl halides is 3. The largest absolute Gasteiger partial charge is 0.497 e. The van der Waals surface area contributed by atoms with Gasteiger partial charge >= 0.3 is 6.18 Å². The van der Waals surface area contributed by atoms with E-state index >= 15 is 0 Å². The number of aromatic nitrogens is 2. The Bertz CT molecular complexity index is 879. The van der Waals surface area contributed by atoms with Crippen molar-refractivity contribution in [2.24, 2.45) is 0 Å². The van der Waals surface area contributed by atoms with Gasteiger partial charge in [0.2, 0.25) is 5.91 Å². The van der Waals surface area contributed by atoms with Crippen molar-refractivity contribution < 1.29 is 27.4 Å². The summed E-state index contributed by atoms with van der Waals surface area (Å²) in [4.78, 5) is 21.8. The van der Waals surface area contributed by atoms with Crippen LogP contribution in [0.3, 0.4) is 0 Å². The van der Waals surface area contributed by atoms with Crippen LogP contribution in [0.4, 0.5) is 13.2 Å². The van der Waals surface area contributed by atoms with Gasteiger partial charge in [-0.05, 0) is 37.1 Å². The lowest BCUT2D eigenvalue weighted by atomic mass is 10.0. The predicted octanol–water partition coefficient (Wildman–Crippen LogP) is 3.97. The molecule has 1 aliphatic heterocycles. The van der Waals surface area contributed by atoms with Crippen LogP contribution >= 0.6 is 11.8 Å². The SMILES string of the molecule is COc1ccc(OC)c(C2CCCN2C(=O)CSc2nccc(C(F)(F)F)n2)c1. The van der Waals surface area contributed by atoms with Crippen molar-refractivity contribution in [2.45, 2.75) is 30.2 Å². The average Bonchev–Trinajstić information content (AvgIpc) is 3.21. The molecule has 156 valence electrons. The zero-order valence-electron chi connectivity index (χ0n) is 15.9. The van der Waals surface area contributed by atoms with Crippen LogP contribution in [0.15, 0.2) is 35.6 Å². The molecule has 10 heteroatoms. The van der Waals surface area contributed by atoms with E-state index in [0.29, 0.717) is 18.0 Å². The van der Waals surface area contributed by atoms with Crippen LogP contribution in [0.1, 0.15) is 30.1 Å². The molecule has 0 bridgehead atoms. The first-order valence-corrected chi connectivity index (χ1v) is 9.86. The zero-order chi connectivity index (χ0) is 21.0. The predicted molar refractivity (Wildman–Crippen MR) is 101 cm³/mol. The van der Waals surface area contributed by atoms with Gasteiger partial charge in [-0.3, -0.25) is 4.79 Å². The molecule has 1 aliphatic rings. The summed E-state index contributed by atoms with van der Waals surface area (Å²) in [5, 5.41) is -0.0807. The fraction of sp³-hybridized carbons (Fsp3) is 0.421. The van der Waals surface area contributed by atoms with Crippen LogP contribution in [0, 0.1) is 0 Å². The van der Waals surface area contributed by atoms with Crippen molar-refractivity contribution in [3.63, 3.8) is 0 Å². The molecule has 1 fully saturated rings. The van der Waals surface area contributed by atoms with E-state index in [2.05, 4.69) is 9.97 Å². The molecular weight excluding hydrogens is 407 g/mol. The molecule has 6 nitrogen and oxygen atoms in total. The molecule has 0 spiro atoms. The van der Waals surface area contributed by atoms with E-state index in [-0.39, 0.29) is 22.9 Å². The summed E-state index contributed by atoms with van der Waals surface area (Å²) in [5.74, 6) is 1.07. The molecule has 0 N–H and O–H groups in total.